The van der Waals surface area contributed by atoms with E-state index in [0.717, 1.165) is 16.5 Å². The minimum absolute atomic E-state index is 0.119. The molecule has 134 valence electrons. The Hall–Kier alpha value is -3.28. The van der Waals surface area contributed by atoms with Crippen molar-refractivity contribution in [1.29, 1.82) is 0 Å². The first kappa shape index (κ1) is 17.5. The topological polar surface area (TPSA) is 77.8 Å². The summed E-state index contributed by atoms with van der Waals surface area (Å²) in [6, 6.07) is 10.7. The molecule has 1 aromatic heterocycles. The van der Waals surface area contributed by atoms with Gasteiger partial charge < -0.3 is 19.2 Å². The Balaban J connectivity index is 1.82. The van der Waals surface area contributed by atoms with E-state index in [4.69, 9.17) is 13.9 Å². The van der Waals surface area contributed by atoms with Gasteiger partial charge in [-0.25, -0.2) is 4.79 Å². The summed E-state index contributed by atoms with van der Waals surface area (Å²) in [6.07, 6.45) is 1.68. The highest BCUT2D eigenvalue weighted by molar-refractivity contribution is 6.03. The molecule has 2 aromatic carbocycles. The highest BCUT2D eigenvalue weighted by Gasteiger charge is 2.17. The fraction of sp³-hybridized carbons (Fsp3) is 0.200. The lowest BCUT2D eigenvalue weighted by atomic mass is 10.1. The maximum absolute atomic E-state index is 12.5. The summed E-state index contributed by atoms with van der Waals surface area (Å²) in [5, 5.41) is 3.63. The summed E-state index contributed by atoms with van der Waals surface area (Å²) >= 11 is 0. The molecule has 0 radical (unpaired) electrons. The number of esters is 1. The monoisotopic (exact) mass is 353 g/mol. The second kappa shape index (κ2) is 7.31. The molecule has 3 rings (SSSR count). The fourth-order valence-corrected chi connectivity index (χ4v) is 2.84. The Labute approximate surface area is 150 Å². The zero-order valence-electron chi connectivity index (χ0n) is 14.8. The van der Waals surface area contributed by atoms with E-state index in [0.29, 0.717) is 22.6 Å². The van der Waals surface area contributed by atoms with Gasteiger partial charge in [-0.2, -0.15) is 0 Å². The maximum Gasteiger partial charge on any atom is 0.340 e. The van der Waals surface area contributed by atoms with E-state index in [-0.39, 0.29) is 12.3 Å². The normalized spacial score (nSPS) is 10.6. The van der Waals surface area contributed by atoms with Gasteiger partial charge in [-0.1, -0.05) is 12.1 Å². The number of carbonyl (C=O) groups is 2. The number of rotatable bonds is 5. The van der Waals surface area contributed by atoms with Crippen LogP contribution in [-0.4, -0.2) is 26.1 Å². The minimum Gasteiger partial charge on any atom is -0.497 e. The van der Waals surface area contributed by atoms with E-state index in [9.17, 15) is 9.59 Å². The Morgan fingerprint density at radius 2 is 1.96 bits per heavy atom. The molecule has 0 saturated carbocycles. The number of methoxy groups -OCH3 is 2. The summed E-state index contributed by atoms with van der Waals surface area (Å²) in [7, 11) is 2.89. The van der Waals surface area contributed by atoms with Gasteiger partial charge in [0.25, 0.3) is 0 Å². The van der Waals surface area contributed by atoms with Crippen LogP contribution >= 0.6 is 0 Å². The molecular weight excluding hydrogens is 334 g/mol. The van der Waals surface area contributed by atoms with E-state index in [1.807, 2.05) is 12.1 Å². The van der Waals surface area contributed by atoms with Crippen molar-refractivity contribution in [3.05, 3.63) is 59.4 Å². The average Bonchev–Trinajstić information content (AvgIpc) is 3.03. The van der Waals surface area contributed by atoms with Crippen LogP contribution in [0.5, 0.6) is 5.75 Å². The van der Waals surface area contributed by atoms with Crippen molar-refractivity contribution in [2.24, 2.45) is 0 Å². The summed E-state index contributed by atoms with van der Waals surface area (Å²) in [4.78, 5) is 24.5. The van der Waals surface area contributed by atoms with E-state index in [1.54, 1.807) is 44.6 Å². The number of hydrogen-bond donors (Lipinski definition) is 1. The molecule has 0 atom stereocenters. The average molecular weight is 353 g/mol. The van der Waals surface area contributed by atoms with Gasteiger partial charge in [0.15, 0.2) is 0 Å². The molecule has 0 aliphatic carbocycles. The predicted molar refractivity (Wildman–Crippen MR) is 97.6 cm³/mol. The van der Waals surface area contributed by atoms with Crippen molar-refractivity contribution in [2.75, 3.05) is 19.5 Å². The Morgan fingerprint density at radius 1 is 1.15 bits per heavy atom. The molecule has 0 fully saturated rings. The number of furan rings is 1. The standard InChI is InChI=1S/C20H19NO5/c1-12-5-4-6-16(19(12)20(23)25-3)21-18(22)9-13-11-26-17-10-14(24-2)7-8-15(13)17/h4-8,10-11H,9H2,1-3H3,(H,21,22). The van der Waals surface area contributed by atoms with E-state index >= 15 is 0 Å². The van der Waals surface area contributed by atoms with Crippen LogP contribution in [0.3, 0.4) is 0 Å². The van der Waals surface area contributed by atoms with Crippen molar-refractivity contribution < 1.29 is 23.5 Å². The third-order valence-corrected chi connectivity index (χ3v) is 4.15. The number of ether oxygens (including phenoxy) is 2. The lowest BCUT2D eigenvalue weighted by Crippen LogP contribution is -2.17. The number of nitrogens with one attached hydrogen (secondary N) is 1. The molecule has 3 aromatic rings. The Morgan fingerprint density at radius 3 is 2.69 bits per heavy atom. The third-order valence-electron chi connectivity index (χ3n) is 4.15. The summed E-state index contributed by atoms with van der Waals surface area (Å²) < 4.78 is 15.5. The number of benzene rings is 2. The molecule has 0 aliphatic rings. The molecular formula is C20H19NO5. The molecule has 6 heteroatoms. The van der Waals surface area contributed by atoms with Gasteiger partial charge in [-0.15, -0.1) is 0 Å². The smallest absolute Gasteiger partial charge is 0.340 e. The molecule has 1 heterocycles. The number of hydrogen-bond acceptors (Lipinski definition) is 5. The van der Waals surface area contributed by atoms with Crippen LogP contribution in [0.1, 0.15) is 21.5 Å². The van der Waals surface area contributed by atoms with Gasteiger partial charge in [-0.05, 0) is 30.7 Å². The molecule has 6 nitrogen and oxygen atoms in total. The second-order valence-corrected chi connectivity index (χ2v) is 5.84. The molecule has 0 aliphatic heterocycles. The van der Waals surface area contributed by atoms with E-state index in [1.165, 1.54) is 7.11 Å². The summed E-state index contributed by atoms with van der Waals surface area (Å²) in [5.41, 5.74) is 2.92. The lowest BCUT2D eigenvalue weighted by molar-refractivity contribution is -0.115. The SMILES string of the molecule is COC(=O)c1c(C)cccc1NC(=O)Cc1coc2cc(OC)ccc12. The number of carbonyl (C=O) groups excluding carboxylic acids is 2. The number of fused-ring (bicyclic) bond motifs is 1. The van der Waals surface area contributed by atoms with E-state index < -0.39 is 5.97 Å². The zero-order chi connectivity index (χ0) is 18.7. The van der Waals surface area contributed by atoms with Gasteiger partial charge in [0.2, 0.25) is 5.91 Å². The van der Waals surface area contributed by atoms with Crippen molar-refractivity contribution in [3.63, 3.8) is 0 Å². The largest absolute Gasteiger partial charge is 0.497 e. The van der Waals surface area contributed by atoms with Crippen LogP contribution in [0.4, 0.5) is 5.69 Å². The number of amides is 1. The van der Waals surface area contributed by atoms with Crippen LogP contribution < -0.4 is 10.1 Å². The van der Waals surface area contributed by atoms with Crippen LogP contribution in [0.2, 0.25) is 0 Å². The van der Waals surface area contributed by atoms with Gasteiger partial charge >= 0.3 is 5.97 Å². The first-order chi connectivity index (χ1) is 12.5. The van der Waals surface area contributed by atoms with Gasteiger partial charge in [0, 0.05) is 17.0 Å². The zero-order valence-corrected chi connectivity index (χ0v) is 14.8. The fourth-order valence-electron chi connectivity index (χ4n) is 2.84. The predicted octanol–water partition coefficient (Wildman–Crippen LogP) is 3.72. The Bertz CT molecular complexity index is 973. The van der Waals surface area contributed by atoms with Crippen molar-refractivity contribution in [2.45, 2.75) is 13.3 Å². The molecule has 0 spiro atoms. The van der Waals surface area contributed by atoms with Crippen molar-refractivity contribution in [3.8, 4) is 5.75 Å². The van der Waals surface area contributed by atoms with Crippen LogP contribution in [0, 0.1) is 6.92 Å². The number of anilines is 1. The van der Waals surface area contributed by atoms with E-state index in [2.05, 4.69) is 5.32 Å². The van der Waals surface area contributed by atoms with Gasteiger partial charge in [0.1, 0.15) is 11.3 Å². The number of aryl methyl sites for hydroxylation is 1. The maximum atomic E-state index is 12.5. The van der Waals surface area contributed by atoms with Crippen molar-refractivity contribution >= 4 is 28.5 Å². The molecule has 0 saturated heterocycles. The quantitative estimate of drug-likeness (QED) is 0.708. The molecule has 26 heavy (non-hydrogen) atoms. The summed E-state index contributed by atoms with van der Waals surface area (Å²) in [5.74, 6) is -0.0520. The van der Waals surface area contributed by atoms with Crippen LogP contribution in [0.15, 0.2) is 47.1 Å². The third kappa shape index (κ3) is 3.39. The summed E-state index contributed by atoms with van der Waals surface area (Å²) in [6.45, 7) is 1.79. The second-order valence-electron chi connectivity index (χ2n) is 5.84. The van der Waals surface area contributed by atoms with Crippen LogP contribution in [-0.2, 0) is 16.0 Å². The Kier molecular flexibility index (Phi) is 4.93. The highest BCUT2D eigenvalue weighted by atomic mass is 16.5. The van der Waals surface area contributed by atoms with Crippen molar-refractivity contribution in [1.82, 2.24) is 0 Å². The van der Waals surface area contributed by atoms with Crippen LogP contribution in [0.25, 0.3) is 11.0 Å². The molecule has 0 unspecified atom stereocenters. The molecule has 1 amide bonds. The lowest BCUT2D eigenvalue weighted by Gasteiger charge is -2.11. The first-order valence-corrected chi connectivity index (χ1v) is 8.05. The highest BCUT2D eigenvalue weighted by Crippen LogP contribution is 2.26. The molecule has 0 bridgehead atoms. The van der Waals surface area contributed by atoms with Gasteiger partial charge in [-0.3, -0.25) is 4.79 Å². The molecule has 1 N–H and O–H groups in total. The minimum atomic E-state index is -0.487. The van der Waals surface area contributed by atoms with Gasteiger partial charge in [0.05, 0.1) is 38.2 Å². The first-order valence-electron chi connectivity index (χ1n) is 8.05.